The zero-order valence-corrected chi connectivity index (χ0v) is 17.5. The zero-order chi connectivity index (χ0) is 21.2. The van der Waals surface area contributed by atoms with Crippen molar-refractivity contribution in [3.8, 4) is 11.1 Å². The third-order valence-corrected chi connectivity index (χ3v) is 4.88. The van der Waals surface area contributed by atoms with E-state index < -0.39 is 11.6 Å². The van der Waals surface area contributed by atoms with Gasteiger partial charge in [-0.1, -0.05) is 90.5 Å². The van der Waals surface area contributed by atoms with Gasteiger partial charge in [0.15, 0.2) is 0 Å². The predicted octanol–water partition coefficient (Wildman–Crippen LogP) is 5.15. The van der Waals surface area contributed by atoms with E-state index in [1.807, 2.05) is 67.6 Å². The molecule has 1 aliphatic rings. The maximum atomic E-state index is 12.7. The van der Waals surface area contributed by atoms with Crippen LogP contribution in [-0.4, -0.2) is 32.4 Å². The zero-order valence-electron chi connectivity index (χ0n) is 17.5. The Hall–Kier alpha value is -2.95. The molecule has 0 N–H and O–H groups in total. The molecular formula is C26H28O4. The second kappa shape index (κ2) is 10.7. The largest absolute Gasteiger partial charge is 0.464 e. The van der Waals surface area contributed by atoms with Gasteiger partial charge in [0.25, 0.3) is 0 Å². The second-order valence-corrected chi connectivity index (χ2v) is 7.01. The van der Waals surface area contributed by atoms with Gasteiger partial charge in [-0.25, -0.2) is 4.79 Å². The molecule has 0 bridgehead atoms. The Morgan fingerprint density at radius 2 is 1.53 bits per heavy atom. The van der Waals surface area contributed by atoms with Crippen LogP contribution >= 0.6 is 0 Å². The van der Waals surface area contributed by atoms with E-state index in [0.29, 0.717) is 19.8 Å². The van der Waals surface area contributed by atoms with E-state index >= 15 is 0 Å². The van der Waals surface area contributed by atoms with Gasteiger partial charge in [-0.05, 0) is 25.0 Å². The highest BCUT2D eigenvalue weighted by atomic mass is 16.6. The molecular weight excluding hydrogens is 376 g/mol. The molecule has 30 heavy (non-hydrogen) atoms. The molecule has 3 aromatic carbocycles. The number of esters is 1. The van der Waals surface area contributed by atoms with Crippen LogP contribution in [0.3, 0.4) is 0 Å². The van der Waals surface area contributed by atoms with Crippen molar-refractivity contribution in [3.05, 3.63) is 96.1 Å². The standard InChI is InChI=1S/C20H22O4.C6H6/c1-3-23-19(21)20(14-22-12-13-24-20)18-7-5-4-6-17(18)16-10-8-15(2)9-11-16;1-2-4-6-5-3-1/h4-11H,3,12-14H2,1-2H3;1-6H. The van der Waals surface area contributed by atoms with E-state index in [9.17, 15) is 4.79 Å². The summed E-state index contributed by atoms with van der Waals surface area (Å²) in [6.07, 6.45) is 0. The smallest absolute Gasteiger partial charge is 0.345 e. The topological polar surface area (TPSA) is 44.8 Å². The number of carbonyl (C=O) groups excluding carboxylic acids is 1. The Kier molecular flexibility index (Phi) is 7.77. The molecule has 1 fully saturated rings. The van der Waals surface area contributed by atoms with E-state index in [1.165, 1.54) is 5.56 Å². The number of carbonyl (C=O) groups is 1. The summed E-state index contributed by atoms with van der Waals surface area (Å²) in [6.45, 7) is 5.15. The van der Waals surface area contributed by atoms with Crippen molar-refractivity contribution >= 4 is 5.97 Å². The minimum atomic E-state index is -1.21. The first kappa shape index (κ1) is 21.8. The third kappa shape index (κ3) is 5.15. The highest BCUT2D eigenvalue weighted by Crippen LogP contribution is 2.37. The normalized spacial score (nSPS) is 18.1. The van der Waals surface area contributed by atoms with Crippen LogP contribution < -0.4 is 0 Å². The fourth-order valence-electron chi connectivity index (χ4n) is 3.37. The van der Waals surface area contributed by atoms with E-state index in [-0.39, 0.29) is 6.61 Å². The first-order valence-electron chi connectivity index (χ1n) is 10.2. The van der Waals surface area contributed by atoms with Crippen LogP contribution in [0.15, 0.2) is 84.9 Å². The van der Waals surface area contributed by atoms with Crippen LogP contribution in [-0.2, 0) is 24.6 Å². The molecule has 156 valence electrons. The predicted molar refractivity (Wildman–Crippen MR) is 118 cm³/mol. The van der Waals surface area contributed by atoms with Gasteiger partial charge in [0, 0.05) is 5.56 Å². The van der Waals surface area contributed by atoms with Crippen molar-refractivity contribution in [1.29, 1.82) is 0 Å². The van der Waals surface area contributed by atoms with Gasteiger partial charge < -0.3 is 14.2 Å². The van der Waals surface area contributed by atoms with Crippen molar-refractivity contribution < 1.29 is 19.0 Å². The van der Waals surface area contributed by atoms with Crippen LogP contribution in [0.25, 0.3) is 11.1 Å². The fraction of sp³-hybridized carbons (Fsp3) is 0.269. The molecule has 0 amide bonds. The molecule has 4 rings (SSSR count). The first-order chi connectivity index (χ1) is 14.7. The van der Waals surface area contributed by atoms with Crippen LogP contribution in [0.1, 0.15) is 18.1 Å². The summed E-state index contributed by atoms with van der Waals surface area (Å²) in [4.78, 5) is 12.7. The molecule has 0 aliphatic carbocycles. The lowest BCUT2D eigenvalue weighted by atomic mass is 9.86. The fourth-order valence-corrected chi connectivity index (χ4v) is 3.37. The monoisotopic (exact) mass is 404 g/mol. The average Bonchev–Trinajstić information content (AvgIpc) is 2.82. The quantitative estimate of drug-likeness (QED) is 0.564. The molecule has 0 saturated carbocycles. The summed E-state index contributed by atoms with van der Waals surface area (Å²) < 4.78 is 16.8. The molecule has 1 unspecified atom stereocenters. The number of rotatable bonds is 4. The van der Waals surface area contributed by atoms with Gasteiger partial charge in [-0.2, -0.15) is 0 Å². The van der Waals surface area contributed by atoms with Crippen molar-refractivity contribution in [2.45, 2.75) is 19.4 Å². The Bertz CT molecular complexity index is 887. The van der Waals surface area contributed by atoms with Crippen molar-refractivity contribution in [2.24, 2.45) is 0 Å². The number of ether oxygens (including phenoxy) is 3. The molecule has 0 aromatic heterocycles. The summed E-state index contributed by atoms with van der Waals surface area (Å²) in [5.74, 6) is -0.399. The molecule has 1 heterocycles. The summed E-state index contributed by atoms with van der Waals surface area (Å²) in [7, 11) is 0. The van der Waals surface area contributed by atoms with Gasteiger partial charge in [-0.15, -0.1) is 0 Å². The van der Waals surface area contributed by atoms with Gasteiger partial charge in [0.05, 0.1) is 26.4 Å². The summed E-state index contributed by atoms with van der Waals surface area (Å²) >= 11 is 0. The molecule has 0 radical (unpaired) electrons. The number of hydrogen-bond donors (Lipinski definition) is 0. The number of aryl methyl sites for hydroxylation is 1. The molecule has 4 nitrogen and oxygen atoms in total. The van der Waals surface area contributed by atoms with Crippen LogP contribution in [0.2, 0.25) is 0 Å². The van der Waals surface area contributed by atoms with Gasteiger partial charge in [0.2, 0.25) is 5.60 Å². The van der Waals surface area contributed by atoms with E-state index in [4.69, 9.17) is 14.2 Å². The Morgan fingerprint density at radius 3 is 2.10 bits per heavy atom. The van der Waals surface area contributed by atoms with E-state index in [2.05, 4.69) is 24.3 Å². The lowest BCUT2D eigenvalue weighted by Gasteiger charge is -2.36. The minimum Gasteiger partial charge on any atom is -0.464 e. The van der Waals surface area contributed by atoms with Crippen molar-refractivity contribution in [3.63, 3.8) is 0 Å². The summed E-state index contributed by atoms with van der Waals surface area (Å²) in [5.41, 5.74) is 2.75. The maximum absolute atomic E-state index is 12.7. The molecule has 1 aliphatic heterocycles. The van der Waals surface area contributed by atoms with Crippen molar-refractivity contribution in [1.82, 2.24) is 0 Å². The Balaban J connectivity index is 0.000000367. The van der Waals surface area contributed by atoms with Crippen molar-refractivity contribution in [2.75, 3.05) is 26.4 Å². The molecule has 1 saturated heterocycles. The van der Waals surface area contributed by atoms with Crippen LogP contribution in [0.4, 0.5) is 0 Å². The van der Waals surface area contributed by atoms with E-state index in [1.54, 1.807) is 6.92 Å². The average molecular weight is 405 g/mol. The SMILES string of the molecule is CCOC(=O)C1(c2ccccc2-c2ccc(C)cc2)COCCO1.c1ccccc1. The van der Waals surface area contributed by atoms with Gasteiger partial charge in [-0.3, -0.25) is 0 Å². The van der Waals surface area contributed by atoms with Gasteiger partial charge in [0.1, 0.15) is 0 Å². The Labute approximate surface area is 178 Å². The van der Waals surface area contributed by atoms with Gasteiger partial charge >= 0.3 is 5.97 Å². The van der Waals surface area contributed by atoms with E-state index in [0.717, 1.165) is 16.7 Å². The number of benzene rings is 3. The number of hydrogen-bond acceptors (Lipinski definition) is 4. The highest BCUT2D eigenvalue weighted by molar-refractivity contribution is 5.85. The Morgan fingerprint density at radius 1 is 0.900 bits per heavy atom. The van der Waals surface area contributed by atoms with Crippen LogP contribution in [0.5, 0.6) is 0 Å². The first-order valence-corrected chi connectivity index (χ1v) is 10.2. The minimum absolute atomic E-state index is 0.161. The maximum Gasteiger partial charge on any atom is 0.345 e. The second-order valence-electron chi connectivity index (χ2n) is 7.01. The summed E-state index contributed by atoms with van der Waals surface area (Å²) in [5, 5.41) is 0. The lowest BCUT2D eigenvalue weighted by molar-refractivity contribution is -0.202. The lowest BCUT2D eigenvalue weighted by Crippen LogP contribution is -2.48. The molecule has 3 aromatic rings. The summed E-state index contributed by atoms with van der Waals surface area (Å²) in [6, 6.07) is 28.0. The molecule has 4 heteroatoms. The third-order valence-electron chi connectivity index (χ3n) is 4.88. The highest BCUT2D eigenvalue weighted by Gasteiger charge is 2.46. The molecule has 0 spiro atoms. The van der Waals surface area contributed by atoms with Crippen LogP contribution in [0, 0.1) is 6.92 Å². The molecule has 1 atom stereocenters.